The van der Waals surface area contributed by atoms with E-state index < -0.39 is 11.7 Å². The monoisotopic (exact) mass is 306 g/mol. The van der Waals surface area contributed by atoms with Crippen molar-refractivity contribution < 1.29 is 14.3 Å². The molecule has 3 N–H and O–H groups in total. The second kappa shape index (κ2) is 7.11. The highest BCUT2D eigenvalue weighted by Gasteiger charge is 2.17. The highest BCUT2D eigenvalue weighted by atomic mass is 16.6. The molecule has 0 saturated carbocycles. The number of hydrogen-bond donors (Lipinski definition) is 2. The lowest BCUT2D eigenvalue weighted by atomic mass is 9.97. The van der Waals surface area contributed by atoms with Crippen molar-refractivity contribution in [1.82, 2.24) is 5.32 Å². The fourth-order valence-corrected chi connectivity index (χ4v) is 2.45. The molecule has 2 rings (SSSR count). The topological polar surface area (TPSA) is 73.6 Å². The van der Waals surface area contributed by atoms with Crippen LogP contribution in [0.5, 0.6) is 0 Å². The van der Waals surface area contributed by atoms with E-state index in [0.29, 0.717) is 13.2 Å². The third-order valence-corrected chi connectivity index (χ3v) is 3.45. The van der Waals surface area contributed by atoms with Crippen LogP contribution in [0.2, 0.25) is 0 Å². The van der Waals surface area contributed by atoms with Gasteiger partial charge in [0.2, 0.25) is 0 Å². The van der Waals surface area contributed by atoms with Gasteiger partial charge in [-0.3, -0.25) is 0 Å². The van der Waals surface area contributed by atoms with Crippen molar-refractivity contribution in [3.05, 3.63) is 34.9 Å². The van der Waals surface area contributed by atoms with Crippen molar-refractivity contribution in [3.63, 3.8) is 0 Å². The summed E-state index contributed by atoms with van der Waals surface area (Å²) in [4.78, 5) is 11.6. The van der Waals surface area contributed by atoms with Crippen molar-refractivity contribution in [3.8, 4) is 0 Å². The maximum absolute atomic E-state index is 11.6. The SMILES string of the molecule is CC(C)(C)OC(=O)NCC(N)Cc1ccc2c(c1)CCOC2. The van der Waals surface area contributed by atoms with Crippen LogP contribution in [-0.4, -0.2) is 30.9 Å². The maximum Gasteiger partial charge on any atom is 0.407 e. The minimum Gasteiger partial charge on any atom is -0.444 e. The zero-order valence-corrected chi connectivity index (χ0v) is 13.6. The summed E-state index contributed by atoms with van der Waals surface area (Å²) in [6.45, 7) is 7.38. The van der Waals surface area contributed by atoms with Gasteiger partial charge >= 0.3 is 6.09 Å². The van der Waals surface area contributed by atoms with Crippen LogP contribution in [0.4, 0.5) is 4.79 Å². The number of nitrogens with two attached hydrogens (primary N) is 1. The Morgan fingerprint density at radius 3 is 2.91 bits per heavy atom. The summed E-state index contributed by atoms with van der Waals surface area (Å²) >= 11 is 0. The predicted molar refractivity (Wildman–Crippen MR) is 85.7 cm³/mol. The number of amides is 1. The molecule has 1 aromatic rings. The zero-order chi connectivity index (χ0) is 16.2. The summed E-state index contributed by atoms with van der Waals surface area (Å²) in [6, 6.07) is 6.26. The summed E-state index contributed by atoms with van der Waals surface area (Å²) in [5.41, 5.74) is 9.40. The summed E-state index contributed by atoms with van der Waals surface area (Å²) in [6.07, 6.45) is 1.25. The van der Waals surface area contributed by atoms with E-state index in [1.807, 2.05) is 20.8 Å². The Hall–Kier alpha value is -1.59. The molecule has 0 fully saturated rings. The number of ether oxygens (including phenoxy) is 2. The molecular weight excluding hydrogens is 280 g/mol. The summed E-state index contributed by atoms with van der Waals surface area (Å²) in [7, 11) is 0. The van der Waals surface area contributed by atoms with Gasteiger partial charge in [-0.05, 0) is 50.3 Å². The second-order valence-electron chi connectivity index (χ2n) is 6.75. The second-order valence-corrected chi connectivity index (χ2v) is 6.75. The first-order valence-electron chi connectivity index (χ1n) is 7.74. The first-order valence-corrected chi connectivity index (χ1v) is 7.74. The van der Waals surface area contributed by atoms with Gasteiger partial charge in [-0.25, -0.2) is 4.79 Å². The highest BCUT2D eigenvalue weighted by Crippen LogP contribution is 2.19. The normalized spacial score (nSPS) is 15.8. The van der Waals surface area contributed by atoms with Gasteiger partial charge in [0, 0.05) is 12.6 Å². The Morgan fingerprint density at radius 1 is 1.41 bits per heavy atom. The van der Waals surface area contributed by atoms with E-state index in [0.717, 1.165) is 19.4 Å². The Kier molecular flexibility index (Phi) is 5.42. The smallest absolute Gasteiger partial charge is 0.407 e. The van der Waals surface area contributed by atoms with Gasteiger partial charge < -0.3 is 20.5 Å². The van der Waals surface area contributed by atoms with Crippen LogP contribution in [0.3, 0.4) is 0 Å². The molecule has 0 bridgehead atoms. The van der Waals surface area contributed by atoms with Crippen molar-refractivity contribution in [1.29, 1.82) is 0 Å². The first kappa shape index (κ1) is 16.8. The minimum absolute atomic E-state index is 0.134. The van der Waals surface area contributed by atoms with Gasteiger partial charge in [0.1, 0.15) is 5.60 Å². The van der Waals surface area contributed by atoms with Crippen molar-refractivity contribution in [2.75, 3.05) is 13.2 Å². The van der Waals surface area contributed by atoms with Gasteiger partial charge in [0.15, 0.2) is 0 Å². The predicted octanol–water partition coefficient (Wildman–Crippen LogP) is 2.15. The Labute approximate surface area is 132 Å². The lowest BCUT2D eigenvalue weighted by molar-refractivity contribution is 0.0524. The largest absolute Gasteiger partial charge is 0.444 e. The molecule has 0 spiro atoms. The number of alkyl carbamates (subject to hydrolysis) is 1. The standard InChI is InChI=1S/C17H26N2O3/c1-17(2,3)22-16(20)19-10-15(18)9-12-4-5-14-11-21-7-6-13(14)8-12/h4-5,8,15H,6-7,9-11,18H2,1-3H3,(H,19,20). The van der Waals surface area contributed by atoms with Crippen LogP contribution >= 0.6 is 0 Å². The Bertz CT molecular complexity index is 523. The van der Waals surface area contributed by atoms with Gasteiger partial charge in [-0.15, -0.1) is 0 Å². The quantitative estimate of drug-likeness (QED) is 0.894. The van der Waals surface area contributed by atoms with Gasteiger partial charge in [-0.1, -0.05) is 18.2 Å². The van der Waals surface area contributed by atoms with E-state index in [1.54, 1.807) is 0 Å². The van der Waals surface area contributed by atoms with Crippen LogP contribution in [0.25, 0.3) is 0 Å². The van der Waals surface area contributed by atoms with E-state index in [9.17, 15) is 4.79 Å². The molecule has 1 heterocycles. The molecule has 0 saturated heterocycles. The van der Waals surface area contributed by atoms with Crippen LogP contribution in [-0.2, 0) is 28.9 Å². The van der Waals surface area contributed by atoms with Crippen LogP contribution in [0.15, 0.2) is 18.2 Å². The molecule has 122 valence electrons. The van der Waals surface area contributed by atoms with Crippen LogP contribution in [0.1, 0.15) is 37.5 Å². The lowest BCUT2D eigenvalue weighted by Gasteiger charge is -2.21. The van der Waals surface area contributed by atoms with E-state index in [4.69, 9.17) is 15.2 Å². The average molecular weight is 306 g/mol. The van der Waals surface area contributed by atoms with E-state index in [1.165, 1.54) is 16.7 Å². The molecule has 5 heteroatoms. The Morgan fingerprint density at radius 2 is 2.18 bits per heavy atom. The number of hydrogen-bond acceptors (Lipinski definition) is 4. The lowest BCUT2D eigenvalue weighted by Crippen LogP contribution is -2.41. The van der Waals surface area contributed by atoms with E-state index in [2.05, 4.69) is 23.5 Å². The maximum atomic E-state index is 11.6. The molecule has 1 aromatic carbocycles. The number of nitrogens with one attached hydrogen (secondary N) is 1. The number of carbonyl (C=O) groups excluding carboxylic acids is 1. The number of fused-ring (bicyclic) bond motifs is 1. The molecular formula is C17H26N2O3. The van der Waals surface area contributed by atoms with Crippen LogP contribution < -0.4 is 11.1 Å². The number of carbonyl (C=O) groups is 1. The van der Waals surface area contributed by atoms with Crippen molar-refractivity contribution in [2.45, 2.75) is 51.9 Å². The molecule has 1 aliphatic heterocycles. The van der Waals surface area contributed by atoms with Gasteiger partial charge in [0.05, 0.1) is 13.2 Å². The van der Waals surface area contributed by atoms with Crippen molar-refractivity contribution >= 4 is 6.09 Å². The number of rotatable bonds is 4. The third-order valence-electron chi connectivity index (χ3n) is 3.45. The summed E-state index contributed by atoms with van der Waals surface area (Å²) in [5.74, 6) is 0. The highest BCUT2D eigenvalue weighted by molar-refractivity contribution is 5.67. The third kappa shape index (κ3) is 5.31. The average Bonchev–Trinajstić information content (AvgIpc) is 2.43. The van der Waals surface area contributed by atoms with Gasteiger partial charge in [0.25, 0.3) is 0 Å². The van der Waals surface area contributed by atoms with Crippen LogP contribution in [0, 0.1) is 0 Å². The molecule has 1 unspecified atom stereocenters. The number of benzene rings is 1. The minimum atomic E-state index is -0.491. The van der Waals surface area contributed by atoms with E-state index in [-0.39, 0.29) is 6.04 Å². The molecule has 22 heavy (non-hydrogen) atoms. The molecule has 0 aromatic heterocycles. The summed E-state index contributed by atoms with van der Waals surface area (Å²) < 4.78 is 10.6. The fourth-order valence-electron chi connectivity index (χ4n) is 2.45. The molecule has 5 nitrogen and oxygen atoms in total. The van der Waals surface area contributed by atoms with E-state index >= 15 is 0 Å². The first-order chi connectivity index (χ1) is 10.3. The molecule has 0 radical (unpaired) electrons. The molecule has 0 aliphatic carbocycles. The zero-order valence-electron chi connectivity index (χ0n) is 13.6. The fraction of sp³-hybridized carbons (Fsp3) is 0.588. The molecule has 1 aliphatic rings. The molecule has 1 atom stereocenters. The Balaban J connectivity index is 1.82. The summed E-state index contributed by atoms with van der Waals surface area (Å²) in [5, 5.41) is 2.72. The molecule has 1 amide bonds. The van der Waals surface area contributed by atoms with Gasteiger partial charge in [-0.2, -0.15) is 0 Å². The van der Waals surface area contributed by atoms with Crippen molar-refractivity contribution in [2.24, 2.45) is 5.73 Å².